The highest BCUT2D eigenvalue weighted by Gasteiger charge is 2.23. The summed E-state index contributed by atoms with van der Waals surface area (Å²) in [6, 6.07) is 0.643. The van der Waals surface area contributed by atoms with Crippen molar-refractivity contribution in [3.8, 4) is 0 Å². The van der Waals surface area contributed by atoms with Gasteiger partial charge in [-0.3, -0.25) is 0 Å². The maximum atomic E-state index is 2.65. The molecule has 0 saturated heterocycles. The van der Waals surface area contributed by atoms with Gasteiger partial charge in [-0.1, -0.05) is 27.7 Å². The molecule has 1 aliphatic heterocycles. The molecule has 0 amide bonds. The van der Waals surface area contributed by atoms with E-state index in [1.54, 1.807) is 11.3 Å². The minimum Gasteiger partial charge on any atom is -0.372 e. The van der Waals surface area contributed by atoms with E-state index in [0.29, 0.717) is 17.9 Å². The van der Waals surface area contributed by atoms with Gasteiger partial charge < -0.3 is 4.90 Å². The van der Waals surface area contributed by atoms with Crippen LogP contribution in [0.5, 0.6) is 0 Å². The zero-order valence-electron chi connectivity index (χ0n) is 12.0. The summed E-state index contributed by atoms with van der Waals surface area (Å²) in [6.07, 6.45) is 4.03. The number of hydrogen-bond acceptors (Lipinski definition) is 1. The van der Waals surface area contributed by atoms with Gasteiger partial charge in [0.15, 0.2) is 0 Å². The fourth-order valence-electron chi connectivity index (χ4n) is 2.85. The van der Waals surface area contributed by atoms with Crippen molar-refractivity contribution in [2.45, 2.75) is 66.8 Å². The minimum atomic E-state index is 0.643. The van der Waals surface area contributed by atoms with E-state index in [2.05, 4.69) is 46.4 Å². The van der Waals surface area contributed by atoms with Gasteiger partial charge in [0, 0.05) is 18.3 Å². The summed E-state index contributed by atoms with van der Waals surface area (Å²) in [5, 5.41) is 0. The maximum Gasteiger partial charge on any atom is 0.0230 e. The Balaban J connectivity index is 3.11. The van der Waals surface area contributed by atoms with Crippen molar-refractivity contribution in [3.63, 3.8) is 0 Å². The lowest BCUT2D eigenvalue weighted by Gasteiger charge is -2.35. The van der Waals surface area contributed by atoms with Crippen LogP contribution in [0.4, 0.5) is 0 Å². The number of hydrogen-bond donors (Lipinski definition) is 0. The number of rotatable bonds is 3. The third-order valence-corrected chi connectivity index (χ3v) is 3.60. The Kier molecular flexibility index (Phi) is 4.89. The topological polar surface area (TPSA) is 3.24 Å². The Morgan fingerprint density at radius 2 is 1.50 bits per heavy atom. The second kappa shape index (κ2) is 5.75. The molecule has 0 saturated carbocycles. The summed E-state index contributed by atoms with van der Waals surface area (Å²) >= 11 is 0. The van der Waals surface area contributed by atoms with E-state index in [4.69, 9.17) is 0 Å². The lowest BCUT2D eigenvalue weighted by Crippen LogP contribution is -2.33. The molecule has 1 heterocycles. The fourth-order valence-corrected chi connectivity index (χ4v) is 2.85. The zero-order chi connectivity index (χ0) is 12.3. The maximum absolute atomic E-state index is 2.65. The molecule has 0 unspecified atom stereocenters. The third kappa shape index (κ3) is 3.02. The van der Waals surface area contributed by atoms with E-state index in [1.165, 1.54) is 25.8 Å². The normalized spacial score (nSPS) is 18.9. The molecule has 0 N–H and O–H groups in total. The van der Waals surface area contributed by atoms with Crippen LogP contribution in [0.2, 0.25) is 0 Å². The molecule has 0 atom stereocenters. The van der Waals surface area contributed by atoms with Crippen molar-refractivity contribution >= 4 is 0 Å². The van der Waals surface area contributed by atoms with E-state index >= 15 is 0 Å². The molecule has 1 nitrogen and oxygen atoms in total. The van der Waals surface area contributed by atoms with Crippen LogP contribution in [-0.2, 0) is 0 Å². The van der Waals surface area contributed by atoms with E-state index in [9.17, 15) is 0 Å². The molecule has 94 valence electrons. The fraction of sp³-hybridized carbons (Fsp3) is 0.867. The van der Waals surface area contributed by atoms with Gasteiger partial charge in [0.2, 0.25) is 0 Å². The van der Waals surface area contributed by atoms with Gasteiger partial charge in [-0.05, 0) is 50.5 Å². The van der Waals surface area contributed by atoms with E-state index < -0.39 is 0 Å². The monoisotopic (exact) mass is 223 g/mol. The molecular formula is C15H29N. The summed E-state index contributed by atoms with van der Waals surface area (Å²) in [5.74, 6) is 1.37. The van der Waals surface area contributed by atoms with Crippen LogP contribution in [0, 0.1) is 11.8 Å². The third-order valence-electron chi connectivity index (χ3n) is 3.60. The zero-order valence-corrected chi connectivity index (χ0v) is 12.0. The Labute approximate surface area is 102 Å². The van der Waals surface area contributed by atoms with E-state index in [1.807, 2.05) is 0 Å². The molecule has 16 heavy (non-hydrogen) atoms. The Hall–Kier alpha value is -0.460. The summed E-state index contributed by atoms with van der Waals surface area (Å²) in [7, 11) is 0. The summed E-state index contributed by atoms with van der Waals surface area (Å²) < 4.78 is 0. The smallest absolute Gasteiger partial charge is 0.0230 e. The van der Waals surface area contributed by atoms with Crippen LogP contribution in [0.15, 0.2) is 11.3 Å². The summed E-state index contributed by atoms with van der Waals surface area (Å²) in [6.45, 7) is 15.3. The first kappa shape index (κ1) is 13.6. The summed E-state index contributed by atoms with van der Waals surface area (Å²) in [4.78, 5) is 2.65. The lowest BCUT2D eigenvalue weighted by molar-refractivity contribution is 0.256. The minimum absolute atomic E-state index is 0.643. The number of nitrogens with zero attached hydrogens (tertiary/aromatic N) is 1. The van der Waals surface area contributed by atoms with E-state index in [0.717, 1.165) is 0 Å². The van der Waals surface area contributed by atoms with Crippen molar-refractivity contribution < 1.29 is 0 Å². The quantitative estimate of drug-likeness (QED) is 0.683. The Morgan fingerprint density at radius 1 is 0.875 bits per heavy atom. The van der Waals surface area contributed by atoms with Gasteiger partial charge >= 0.3 is 0 Å². The average Bonchev–Trinajstić information content (AvgIpc) is 2.38. The Morgan fingerprint density at radius 3 is 1.94 bits per heavy atom. The molecule has 1 rings (SSSR count). The molecule has 1 aliphatic rings. The predicted octanol–water partition coefficient (Wildman–Crippen LogP) is 4.45. The highest BCUT2D eigenvalue weighted by atomic mass is 15.2. The highest BCUT2D eigenvalue weighted by Crippen LogP contribution is 2.32. The van der Waals surface area contributed by atoms with Crippen molar-refractivity contribution in [1.82, 2.24) is 4.90 Å². The van der Waals surface area contributed by atoms with Crippen LogP contribution >= 0.6 is 0 Å². The molecular weight excluding hydrogens is 194 g/mol. The van der Waals surface area contributed by atoms with Crippen molar-refractivity contribution in [2.24, 2.45) is 11.8 Å². The van der Waals surface area contributed by atoms with Crippen molar-refractivity contribution in [1.29, 1.82) is 0 Å². The van der Waals surface area contributed by atoms with Gasteiger partial charge in [0.1, 0.15) is 0 Å². The second-order valence-electron chi connectivity index (χ2n) is 5.96. The molecule has 0 radical (unpaired) electrons. The average molecular weight is 223 g/mol. The molecule has 0 aromatic rings. The van der Waals surface area contributed by atoms with Crippen molar-refractivity contribution in [2.75, 3.05) is 6.54 Å². The number of allylic oxidation sites excluding steroid dienone is 2. The van der Waals surface area contributed by atoms with Gasteiger partial charge in [-0.25, -0.2) is 0 Å². The van der Waals surface area contributed by atoms with E-state index in [-0.39, 0.29) is 0 Å². The van der Waals surface area contributed by atoms with Crippen LogP contribution in [0.3, 0.4) is 0 Å². The first-order chi connectivity index (χ1) is 7.45. The largest absolute Gasteiger partial charge is 0.372 e. The lowest BCUT2D eigenvalue weighted by atomic mass is 9.91. The summed E-state index contributed by atoms with van der Waals surface area (Å²) in [5.41, 5.74) is 3.35. The van der Waals surface area contributed by atoms with Gasteiger partial charge in [-0.15, -0.1) is 0 Å². The molecule has 0 aliphatic carbocycles. The van der Waals surface area contributed by atoms with Crippen molar-refractivity contribution in [3.05, 3.63) is 11.3 Å². The highest BCUT2D eigenvalue weighted by molar-refractivity contribution is 5.19. The van der Waals surface area contributed by atoms with Crippen LogP contribution in [0.1, 0.15) is 60.8 Å². The molecule has 0 aromatic heterocycles. The predicted molar refractivity (Wildman–Crippen MR) is 72.4 cm³/mol. The molecule has 0 spiro atoms. The Bertz CT molecular complexity index is 248. The SMILES string of the molecule is CC(C)C1=C(C(C)C)N(C(C)C)CCCC1. The van der Waals surface area contributed by atoms with Gasteiger partial charge in [0.25, 0.3) is 0 Å². The molecule has 0 bridgehead atoms. The first-order valence-electron chi connectivity index (χ1n) is 6.94. The van der Waals surface area contributed by atoms with Crippen LogP contribution < -0.4 is 0 Å². The van der Waals surface area contributed by atoms with Gasteiger partial charge in [0.05, 0.1) is 0 Å². The standard InChI is InChI=1S/C15H29N/c1-11(2)14-9-7-8-10-16(13(5)6)15(14)12(3)4/h11-13H,7-10H2,1-6H3. The van der Waals surface area contributed by atoms with Crippen LogP contribution in [0.25, 0.3) is 0 Å². The molecule has 0 fully saturated rings. The molecule has 1 heteroatoms. The second-order valence-corrected chi connectivity index (χ2v) is 5.96. The first-order valence-corrected chi connectivity index (χ1v) is 6.94. The van der Waals surface area contributed by atoms with Crippen LogP contribution in [-0.4, -0.2) is 17.5 Å². The molecule has 0 aromatic carbocycles. The van der Waals surface area contributed by atoms with Gasteiger partial charge in [-0.2, -0.15) is 0 Å².